The van der Waals surface area contributed by atoms with Gasteiger partial charge in [0.1, 0.15) is 6.61 Å². The van der Waals surface area contributed by atoms with Gasteiger partial charge < -0.3 is 19.5 Å². The largest absolute Gasteiger partial charge is 0.445 e. The number of hydrogen-bond acceptors (Lipinski definition) is 4. The first-order valence-corrected chi connectivity index (χ1v) is 7.33. The molecule has 1 N–H and O–H groups in total. The van der Waals surface area contributed by atoms with E-state index in [0.717, 1.165) is 5.56 Å². The van der Waals surface area contributed by atoms with E-state index in [1.54, 1.807) is 4.90 Å². The minimum atomic E-state index is -0.396. The second-order valence-electron chi connectivity index (χ2n) is 5.57. The summed E-state index contributed by atoms with van der Waals surface area (Å²) in [5.41, 5.74) is 0.945. The molecule has 1 amide bonds. The van der Waals surface area contributed by atoms with Crippen LogP contribution in [-0.4, -0.2) is 47.5 Å². The van der Waals surface area contributed by atoms with Crippen LogP contribution in [0.15, 0.2) is 30.3 Å². The highest BCUT2D eigenvalue weighted by Gasteiger charge is 2.36. The summed E-state index contributed by atoms with van der Waals surface area (Å²) in [6, 6.07) is 9.32. The van der Waals surface area contributed by atoms with Crippen molar-refractivity contribution in [2.75, 3.05) is 13.2 Å². The van der Waals surface area contributed by atoms with Gasteiger partial charge in [0.25, 0.3) is 0 Å². The lowest BCUT2D eigenvalue weighted by Gasteiger charge is -2.22. The average Bonchev–Trinajstić information content (AvgIpc) is 2.88. The third-order valence-corrected chi connectivity index (χ3v) is 3.49. The highest BCUT2D eigenvalue weighted by molar-refractivity contribution is 5.68. The standard InChI is InChI=1S/C16H23NO4/c1-12(2)21-15-8-14(10-18)17(9-15)16(19)20-11-13-6-4-3-5-7-13/h3-7,12,14-15,18H,8-11H2,1-2H3/t14-,15-/m1/s1. The predicted octanol–water partition coefficient (Wildman–Crippen LogP) is 2.18. The molecule has 0 aliphatic carbocycles. The zero-order chi connectivity index (χ0) is 15.2. The van der Waals surface area contributed by atoms with Crippen LogP contribution in [0.5, 0.6) is 0 Å². The molecule has 0 unspecified atom stereocenters. The van der Waals surface area contributed by atoms with Crippen molar-refractivity contribution in [2.24, 2.45) is 0 Å². The summed E-state index contributed by atoms with van der Waals surface area (Å²) < 4.78 is 11.0. The fourth-order valence-electron chi connectivity index (χ4n) is 2.56. The Hall–Kier alpha value is -1.59. The normalized spacial score (nSPS) is 21.8. The molecule has 2 rings (SSSR count). The predicted molar refractivity (Wildman–Crippen MR) is 78.8 cm³/mol. The van der Waals surface area contributed by atoms with Gasteiger partial charge in [0.2, 0.25) is 0 Å². The minimum absolute atomic E-state index is 0.0357. The molecule has 5 heteroatoms. The number of benzene rings is 1. The number of likely N-dealkylation sites (tertiary alicyclic amines) is 1. The van der Waals surface area contributed by atoms with E-state index in [4.69, 9.17) is 9.47 Å². The Bertz CT molecular complexity index is 449. The van der Waals surface area contributed by atoms with Crippen LogP contribution in [-0.2, 0) is 16.1 Å². The molecular weight excluding hydrogens is 270 g/mol. The highest BCUT2D eigenvalue weighted by Crippen LogP contribution is 2.22. The molecule has 1 aliphatic rings. The number of amides is 1. The number of carbonyl (C=O) groups excluding carboxylic acids is 1. The first-order valence-electron chi connectivity index (χ1n) is 7.33. The van der Waals surface area contributed by atoms with Gasteiger partial charge in [-0.15, -0.1) is 0 Å². The van der Waals surface area contributed by atoms with E-state index < -0.39 is 6.09 Å². The maximum Gasteiger partial charge on any atom is 0.410 e. The molecule has 1 aliphatic heterocycles. The average molecular weight is 293 g/mol. The number of nitrogens with zero attached hydrogens (tertiary/aromatic N) is 1. The summed E-state index contributed by atoms with van der Waals surface area (Å²) in [6.07, 6.45) is 0.323. The molecular formula is C16H23NO4. The van der Waals surface area contributed by atoms with Crippen LogP contribution in [0.3, 0.4) is 0 Å². The number of ether oxygens (including phenoxy) is 2. The quantitative estimate of drug-likeness (QED) is 0.904. The molecule has 0 aromatic heterocycles. The Kier molecular flexibility index (Phi) is 5.59. The number of carbonyl (C=O) groups is 1. The zero-order valence-corrected chi connectivity index (χ0v) is 12.6. The molecule has 2 atom stereocenters. The molecule has 1 aromatic carbocycles. The van der Waals surface area contributed by atoms with Gasteiger partial charge in [-0.25, -0.2) is 4.79 Å². The van der Waals surface area contributed by atoms with Crippen LogP contribution in [0.25, 0.3) is 0 Å². The number of aliphatic hydroxyl groups is 1. The molecule has 0 bridgehead atoms. The molecule has 1 saturated heterocycles. The monoisotopic (exact) mass is 293 g/mol. The summed E-state index contributed by atoms with van der Waals surface area (Å²) in [5.74, 6) is 0. The number of hydrogen-bond donors (Lipinski definition) is 1. The molecule has 0 saturated carbocycles. The van der Waals surface area contributed by atoms with Crippen molar-refractivity contribution in [2.45, 2.75) is 45.1 Å². The van der Waals surface area contributed by atoms with Crippen LogP contribution in [0.2, 0.25) is 0 Å². The molecule has 1 heterocycles. The third kappa shape index (κ3) is 4.44. The van der Waals surface area contributed by atoms with E-state index in [1.165, 1.54) is 0 Å². The third-order valence-electron chi connectivity index (χ3n) is 3.49. The molecule has 1 fully saturated rings. The molecule has 116 valence electrons. The van der Waals surface area contributed by atoms with E-state index in [1.807, 2.05) is 44.2 Å². The SMILES string of the molecule is CC(C)O[C@@H]1C[C@H](CO)N(C(=O)OCc2ccccc2)C1. The van der Waals surface area contributed by atoms with E-state index in [0.29, 0.717) is 13.0 Å². The van der Waals surface area contributed by atoms with Crippen LogP contribution in [0.1, 0.15) is 25.8 Å². The van der Waals surface area contributed by atoms with Gasteiger partial charge >= 0.3 is 6.09 Å². The lowest BCUT2D eigenvalue weighted by atomic mass is 10.2. The number of rotatable bonds is 5. The smallest absolute Gasteiger partial charge is 0.410 e. The van der Waals surface area contributed by atoms with E-state index in [2.05, 4.69) is 0 Å². The second kappa shape index (κ2) is 7.43. The van der Waals surface area contributed by atoms with E-state index in [9.17, 15) is 9.90 Å². The Balaban J connectivity index is 1.88. The Labute approximate surface area is 125 Å². The Morgan fingerprint density at radius 1 is 1.38 bits per heavy atom. The zero-order valence-electron chi connectivity index (χ0n) is 12.6. The van der Waals surface area contributed by atoms with Gasteiger partial charge in [0.15, 0.2) is 0 Å². The van der Waals surface area contributed by atoms with E-state index >= 15 is 0 Å². The van der Waals surface area contributed by atoms with Crippen LogP contribution in [0, 0.1) is 0 Å². The van der Waals surface area contributed by atoms with Gasteiger partial charge in [-0.05, 0) is 25.8 Å². The second-order valence-corrected chi connectivity index (χ2v) is 5.57. The Morgan fingerprint density at radius 2 is 2.10 bits per heavy atom. The van der Waals surface area contributed by atoms with Crippen LogP contribution >= 0.6 is 0 Å². The van der Waals surface area contributed by atoms with E-state index in [-0.39, 0.29) is 31.5 Å². The maximum absolute atomic E-state index is 12.2. The fourth-order valence-corrected chi connectivity index (χ4v) is 2.56. The first kappa shape index (κ1) is 15.8. The summed E-state index contributed by atoms with van der Waals surface area (Å²) in [7, 11) is 0. The van der Waals surface area contributed by atoms with Crippen molar-refractivity contribution < 1.29 is 19.4 Å². The van der Waals surface area contributed by atoms with Gasteiger partial charge in [-0.3, -0.25) is 0 Å². The first-order chi connectivity index (χ1) is 10.1. The van der Waals surface area contributed by atoms with Crippen molar-refractivity contribution in [3.63, 3.8) is 0 Å². The Morgan fingerprint density at radius 3 is 2.71 bits per heavy atom. The van der Waals surface area contributed by atoms with Crippen molar-refractivity contribution in [3.8, 4) is 0 Å². The highest BCUT2D eigenvalue weighted by atomic mass is 16.6. The lowest BCUT2D eigenvalue weighted by Crippen LogP contribution is -2.38. The van der Waals surface area contributed by atoms with Crippen molar-refractivity contribution >= 4 is 6.09 Å². The van der Waals surface area contributed by atoms with Gasteiger partial charge in [-0.1, -0.05) is 30.3 Å². The molecule has 0 spiro atoms. The van der Waals surface area contributed by atoms with Crippen molar-refractivity contribution in [1.82, 2.24) is 4.90 Å². The molecule has 0 radical (unpaired) electrons. The van der Waals surface area contributed by atoms with Crippen LogP contribution in [0.4, 0.5) is 4.79 Å². The summed E-state index contributed by atoms with van der Waals surface area (Å²) in [4.78, 5) is 13.7. The summed E-state index contributed by atoms with van der Waals surface area (Å²) in [5, 5.41) is 9.42. The van der Waals surface area contributed by atoms with Crippen LogP contribution < -0.4 is 0 Å². The number of aliphatic hydroxyl groups excluding tert-OH is 1. The van der Waals surface area contributed by atoms with Crippen molar-refractivity contribution in [3.05, 3.63) is 35.9 Å². The summed E-state index contributed by atoms with van der Waals surface area (Å²) >= 11 is 0. The van der Waals surface area contributed by atoms with Crippen molar-refractivity contribution in [1.29, 1.82) is 0 Å². The molecule has 1 aromatic rings. The maximum atomic E-state index is 12.2. The minimum Gasteiger partial charge on any atom is -0.445 e. The fraction of sp³-hybridized carbons (Fsp3) is 0.562. The van der Waals surface area contributed by atoms with Gasteiger partial charge in [0.05, 0.1) is 31.4 Å². The lowest BCUT2D eigenvalue weighted by molar-refractivity contribution is 0.0128. The molecule has 5 nitrogen and oxygen atoms in total. The van der Waals surface area contributed by atoms with Gasteiger partial charge in [-0.2, -0.15) is 0 Å². The summed E-state index contributed by atoms with van der Waals surface area (Å²) in [6.45, 7) is 4.56. The van der Waals surface area contributed by atoms with Gasteiger partial charge in [0, 0.05) is 0 Å². The topological polar surface area (TPSA) is 59.0 Å². The molecule has 21 heavy (non-hydrogen) atoms.